The molecule has 0 radical (unpaired) electrons. The number of Topliss-reactive ketones (excluding diaryl/α,β-unsaturated/α-hetero) is 1. The maximum atomic E-state index is 12.9. The maximum absolute atomic E-state index is 12.9. The molecule has 0 aliphatic heterocycles. The number of aromatic nitrogens is 1. The van der Waals surface area contributed by atoms with Crippen molar-refractivity contribution in [2.24, 2.45) is 0 Å². The van der Waals surface area contributed by atoms with Crippen LogP contribution in [0.5, 0.6) is 0 Å². The minimum atomic E-state index is -0.271. The molecule has 5 nitrogen and oxygen atoms in total. The molecule has 140 valence electrons. The van der Waals surface area contributed by atoms with Gasteiger partial charge < -0.3 is 4.90 Å². The van der Waals surface area contributed by atoms with Crippen LogP contribution in [0.2, 0.25) is 0 Å². The molecule has 0 unspecified atom stereocenters. The van der Waals surface area contributed by atoms with E-state index in [2.05, 4.69) is 0 Å². The van der Waals surface area contributed by atoms with Crippen molar-refractivity contribution in [1.29, 1.82) is 5.26 Å². The Morgan fingerprint density at radius 3 is 2.43 bits per heavy atom. The van der Waals surface area contributed by atoms with Gasteiger partial charge in [-0.15, -0.1) is 11.3 Å². The highest BCUT2D eigenvalue weighted by Crippen LogP contribution is 2.12. The van der Waals surface area contributed by atoms with E-state index in [1.165, 1.54) is 22.0 Å². The summed E-state index contributed by atoms with van der Waals surface area (Å²) in [5.74, 6) is -0.171. The fraction of sp³-hybridized carbons (Fsp3) is 0.136. The Morgan fingerprint density at radius 1 is 1.14 bits per heavy atom. The minimum absolute atomic E-state index is 0.0970. The van der Waals surface area contributed by atoms with Gasteiger partial charge in [0.15, 0.2) is 5.78 Å². The van der Waals surface area contributed by atoms with Gasteiger partial charge in [-0.05, 0) is 23.8 Å². The predicted molar refractivity (Wildman–Crippen MR) is 113 cm³/mol. The molecule has 3 rings (SSSR count). The van der Waals surface area contributed by atoms with E-state index in [4.69, 9.17) is 5.26 Å². The molecule has 28 heavy (non-hydrogen) atoms. The van der Waals surface area contributed by atoms with Crippen molar-refractivity contribution in [3.8, 4) is 6.07 Å². The molecular formula is C22H19N3O2S. The van der Waals surface area contributed by atoms with Gasteiger partial charge in [0.1, 0.15) is 4.66 Å². The second-order valence-corrected chi connectivity index (χ2v) is 7.45. The highest BCUT2D eigenvalue weighted by Gasteiger charge is 2.11. The van der Waals surface area contributed by atoms with E-state index in [1.54, 1.807) is 30.3 Å². The van der Waals surface area contributed by atoms with E-state index in [0.717, 1.165) is 11.3 Å². The summed E-state index contributed by atoms with van der Waals surface area (Å²) in [7, 11) is 3.93. The molecule has 0 N–H and O–H groups in total. The average molecular weight is 389 g/mol. The van der Waals surface area contributed by atoms with Crippen molar-refractivity contribution in [2.45, 2.75) is 6.54 Å². The Hall–Kier alpha value is -3.43. The normalized spacial score (nSPS) is 12.0. The molecule has 0 amide bonds. The summed E-state index contributed by atoms with van der Waals surface area (Å²) < 4.78 is 2.32. The van der Waals surface area contributed by atoms with E-state index in [9.17, 15) is 9.59 Å². The van der Waals surface area contributed by atoms with Crippen molar-refractivity contribution in [3.63, 3.8) is 0 Å². The Balaban J connectivity index is 2.02. The number of anilines is 1. The van der Waals surface area contributed by atoms with E-state index in [0.29, 0.717) is 14.8 Å². The molecule has 0 saturated carbocycles. The molecule has 0 bridgehead atoms. The van der Waals surface area contributed by atoms with Crippen LogP contribution in [0.3, 0.4) is 0 Å². The number of carbonyl (C=O) groups excluding carboxylic acids is 1. The number of ketones is 1. The number of hydrogen-bond donors (Lipinski definition) is 0. The summed E-state index contributed by atoms with van der Waals surface area (Å²) in [6.07, 6.45) is 3.08. The van der Waals surface area contributed by atoms with E-state index in [-0.39, 0.29) is 17.9 Å². The monoisotopic (exact) mass is 389 g/mol. The molecule has 3 aromatic rings. The largest absolute Gasteiger partial charge is 0.378 e. The number of carbonyl (C=O) groups is 1. The lowest BCUT2D eigenvalue weighted by molar-refractivity contribution is 0.0970. The Kier molecular flexibility index (Phi) is 5.87. The van der Waals surface area contributed by atoms with Crippen molar-refractivity contribution in [2.75, 3.05) is 19.0 Å². The Labute approximate surface area is 166 Å². The molecular weight excluding hydrogens is 370 g/mol. The van der Waals surface area contributed by atoms with E-state index in [1.807, 2.05) is 55.4 Å². The third kappa shape index (κ3) is 4.27. The number of benzene rings is 2. The zero-order valence-electron chi connectivity index (χ0n) is 15.6. The minimum Gasteiger partial charge on any atom is -0.378 e. The zero-order chi connectivity index (χ0) is 20.1. The first-order valence-electron chi connectivity index (χ1n) is 8.66. The van der Waals surface area contributed by atoms with Gasteiger partial charge in [-0.3, -0.25) is 14.2 Å². The van der Waals surface area contributed by atoms with Crippen LogP contribution in [-0.4, -0.2) is 24.4 Å². The summed E-state index contributed by atoms with van der Waals surface area (Å²) in [4.78, 5) is 27.4. The maximum Gasteiger partial charge on any atom is 0.269 e. The van der Waals surface area contributed by atoms with Crippen molar-refractivity contribution >= 4 is 35.0 Å². The molecule has 0 aliphatic carbocycles. The second kappa shape index (κ2) is 8.51. The molecule has 2 aromatic carbocycles. The van der Waals surface area contributed by atoms with Crippen LogP contribution in [0.15, 0.2) is 59.4 Å². The first kappa shape index (κ1) is 19.3. The van der Waals surface area contributed by atoms with Crippen LogP contribution in [0.25, 0.3) is 12.2 Å². The third-order valence-corrected chi connectivity index (χ3v) is 5.29. The van der Waals surface area contributed by atoms with Crippen LogP contribution in [0.4, 0.5) is 5.69 Å². The number of rotatable bonds is 5. The molecule has 0 spiro atoms. The van der Waals surface area contributed by atoms with Gasteiger partial charge in [0, 0.05) is 31.4 Å². The first-order valence-corrected chi connectivity index (χ1v) is 9.48. The molecule has 0 atom stereocenters. The fourth-order valence-electron chi connectivity index (χ4n) is 2.73. The lowest BCUT2D eigenvalue weighted by Gasteiger charge is -2.11. The van der Waals surface area contributed by atoms with Gasteiger partial charge >= 0.3 is 0 Å². The van der Waals surface area contributed by atoms with Crippen LogP contribution in [0.1, 0.15) is 15.9 Å². The SMILES string of the molecule is CN(C)c1ccc(/C=c2\s/c(=C\C#N)n(CC(=O)c3ccccc3)c2=O)cc1. The van der Waals surface area contributed by atoms with Gasteiger partial charge in [0.05, 0.1) is 17.1 Å². The Bertz CT molecular complexity index is 1200. The molecule has 0 saturated heterocycles. The highest BCUT2D eigenvalue weighted by atomic mass is 32.1. The Morgan fingerprint density at radius 2 is 1.82 bits per heavy atom. The van der Waals surface area contributed by atoms with Crippen molar-refractivity contribution in [3.05, 3.63) is 85.3 Å². The fourth-order valence-corrected chi connectivity index (χ4v) is 3.71. The molecule has 0 fully saturated rings. The lowest BCUT2D eigenvalue weighted by atomic mass is 10.1. The number of thiazole rings is 1. The smallest absolute Gasteiger partial charge is 0.269 e. The standard InChI is InChI=1S/C22H19N3O2S/c1-24(2)18-10-8-16(9-11-18)14-20-22(27)25(21(28-20)12-13-23)15-19(26)17-6-4-3-5-7-17/h3-12,14H,15H2,1-2H3/b20-14-,21-12-. The van der Waals surface area contributed by atoms with E-state index < -0.39 is 0 Å². The van der Waals surface area contributed by atoms with Crippen LogP contribution in [-0.2, 0) is 6.54 Å². The van der Waals surface area contributed by atoms with Crippen LogP contribution in [0, 0.1) is 11.3 Å². The second-order valence-electron chi connectivity index (χ2n) is 6.39. The molecule has 6 heteroatoms. The number of nitriles is 1. The first-order chi connectivity index (χ1) is 13.5. The van der Waals surface area contributed by atoms with Gasteiger partial charge in [-0.1, -0.05) is 42.5 Å². The van der Waals surface area contributed by atoms with Gasteiger partial charge in [-0.25, -0.2) is 0 Å². The van der Waals surface area contributed by atoms with Gasteiger partial charge in [-0.2, -0.15) is 5.26 Å². The number of nitrogens with zero attached hydrogens (tertiary/aromatic N) is 3. The summed E-state index contributed by atoms with van der Waals surface area (Å²) in [5.41, 5.74) is 2.21. The average Bonchev–Trinajstić information content (AvgIpc) is 2.98. The summed E-state index contributed by atoms with van der Waals surface area (Å²) >= 11 is 1.21. The molecule has 1 heterocycles. The van der Waals surface area contributed by atoms with Crippen LogP contribution < -0.4 is 19.7 Å². The highest BCUT2D eigenvalue weighted by molar-refractivity contribution is 7.07. The summed E-state index contributed by atoms with van der Waals surface area (Å²) in [6.45, 7) is -0.0970. The van der Waals surface area contributed by atoms with Gasteiger partial charge in [0.25, 0.3) is 5.56 Å². The number of hydrogen-bond acceptors (Lipinski definition) is 5. The molecule has 1 aromatic heterocycles. The predicted octanol–water partition coefficient (Wildman–Crippen LogP) is 1.99. The van der Waals surface area contributed by atoms with E-state index >= 15 is 0 Å². The quantitative estimate of drug-likeness (QED) is 0.626. The summed E-state index contributed by atoms with van der Waals surface area (Å²) in [6, 6.07) is 18.6. The third-order valence-electron chi connectivity index (χ3n) is 4.23. The molecule has 0 aliphatic rings. The van der Waals surface area contributed by atoms with Crippen molar-refractivity contribution < 1.29 is 4.79 Å². The van der Waals surface area contributed by atoms with Crippen molar-refractivity contribution in [1.82, 2.24) is 4.57 Å². The van der Waals surface area contributed by atoms with Gasteiger partial charge in [0.2, 0.25) is 0 Å². The lowest BCUT2D eigenvalue weighted by Crippen LogP contribution is -2.34. The topological polar surface area (TPSA) is 66.1 Å². The zero-order valence-corrected chi connectivity index (χ0v) is 16.4. The van der Waals surface area contributed by atoms with Crippen LogP contribution >= 0.6 is 11.3 Å². The summed E-state index contributed by atoms with van der Waals surface area (Å²) in [5, 5.41) is 9.05.